The second kappa shape index (κ2) is 9.96. The third kappa shape index (κ3) is 4.82. The number of anilines is 1. The molecule has 2 aromatic rings. The van der Waals surface area contributed by atoms with Gasteiger partial charge in [-0.3, -0.25) is 14.9 Å². The Labute approximate surface area is 176 Å². The number of nitrogens with zero attached hydrogens (tertiary/aromatic N) is 3. The van der Waals surface area contributed by atoms with Gasteiger partial charge in [-0.25, -0.2) is 0 Å². The van der Waals surface area contributed by atoms with Gasteiger partial charge in [0.1, 0.15) is 5.69 Å². The zero-order chi connectivity index (χ0) is 21.5. The fourth-order valence-corrected chi connectivity index (χ4v) is 3.47. The molecule has 2 aromatic carbocycles. The van der Waals surface area contributed by atoms with Crippen LogP contribution < -0.4 is 14.4 Å². The summed E-state index contributed by atoms with van der Waals surface area (Å²) in [5, 5.41) is 11.3. The van der Waals surface area contributed by atoms with Crippen LogP contribution in [0.15, 0.2) is 42.5 Å². The lowest BCUT2D eigenvalue weighted by atomic mass is 10.1. The Kier molecular flexibility index (Phi) is 7.11. The summed E-state index contributed by atoms with van der Waals surface area (Å²) in [6.45, 7) is 4.74. The highest BCUT2D eigenvalue weighted by Crippen LogP contribution is 2.30. The van der Waals surface area contributed by atoms with Crippen molar-refractivity contribution in [2.24, 2.45) is 0 Å². The van der Waals surface area contributed by atoms with E-state index in [1.54, 1.807) is 48.4 Å². The summed E-state index contributed by atoms with van der Waals surface area (Å²) in [6.07, 6.45) is 1.99. The first kappa shape index (κ1) is 21.4. The van der Waals surface area contributed by atoms with Crippen LogP contribution in [0, 0.1) is 10.1 Å². The van der Waals surface area contributed by atoms with Crippen molar-refractivity contribution in [3.63, 3.8) is 0 Å². The number of piperazine rings is 1. The number of hydrogen-bond donors (Lipinski definition) is 0. The lowest BCUT2D eigenvalue weighted by Gasteiger charge is -2.35. The van der Waals surface area contributed by atoms with Crippen LogP contribution in [0.25, 0.3) is 0 Å². The Morgan fingerprint density at radius 3 is 2.50 bits per heavy atom. The zero-order valence-corrected chi connectivity index (χ0v) is 17.4. The maximum Gasteiger partial charge on any atom is 0.292 e. The molecule has 0 N–H and O–H groups in total. The number of hydrogen-bond acceptors (Lipinski definition) is 6. The number of amides is 1. The molecule has 0 saturated carbocycles. The molecule has 3 rings (SSSR count). The lowest BCUT2D eigenvalue weighted by molar-refractivity contribution is -0.384. The van der Waals surface area contributed by atoms with Crippen LogP contribution in [0.3, 0.4) is 0 Å². The molecule has 1 amide bonds. The number of ether oxygens (including phenoxy) is 2. The Morgan fingerprint density at radius 1 is 1.10 bits per heavy atom. The minimum Gasteiger partial charge on any atom is -0.493 e. The summed E-state index contributed by atoms with van der Waals surface area (Å²) in [7, 11) is 1.56. The molecule has 8 nitrogen and oxygen atoms in total. The average molecular weight is 413 g/mol. The molecule has 0 unspecified atom stereocenters. The number of benzene rings is 2. The molecule has 30 heavy (non-hydrogen) atoms. The maximum absolute atomic E-state index is 13.0. The highest BCUT2D eigenvalue weighted by molar-refractivity contribution is 5.95. The van der Waals surface area contributed by atoms with E-state index in [0.29, 0.717) is 55.5 Å². The van der Waals surface area contributed by atoms with Gasteiger partial charge in [0, 0.05) is 37.8 Å². The van der Waals surface area contributed by atoms with Crippen molar-refractivity contribution in [2.75, 3.05) is 44.8 Å². The first-order valence-corrected chi connectivity index (χ1v) is 10.1. The second-order valence-electron chi connectivity index (χ2n) is 7.09. The molecule has 0 aliphatic carbocycles. The maximum atomic E-state index is 13.0. The molecule has 160 valence electrons. The second-order valence-corrected chi connectivity index (χ2v) is 7.09. The molecule has 0 bridgehead atoms. The van der Waals surface area contributed by atoms with Crippen LogP contribution in [0.4, 0.5) is 11.4 Å². The van der Waals surface area contributed by atoms with Crippen molar-refractivity contribution >= 4 is 17.3 Å². The molecule has 0 spiro atoms. The molecule has 0 aromatic heterocycles. The number of nitro groups is 1. The standard InChI is InChI=1S/C22H27N3O5/c1-3-4-15-30-20-10-9-17(16-21(20)29-2)22(26)24-13-11-23(12-14-24)18-7-5-6-8-19(18)25(27)28/h5-10,16H,3-4,11-15H2,1-2H3. The van der Waals surface area contributed by atoms with Gasteiger partial charge in [-0.05, 0) is 30.7 Å². The highest BCUT2D eigenvalue weighted by atomic mass is 16.6. The minimum absolute atomic E-state index is 0.0840. The molecule has 1 aliphatic rings. The number of para-hydroxylation sites is 2. The first-order chi connectivity index (χ1) is 14.5. The van der Waals surface area contributed by atoms with E-state index >= 15 is 0 Å². The normalized spacial score (nSPS) is 13.8. The number of unbranched alkanes of at least 4 members (excludes halogenated alkanes) is 1. The van der Waals surface area contributed by atoms with Crippen LogP contribution in [0.1, 0.15) is 30.1 Å². The summed E-state index contributed by atoms with van der Waals surface area (Å²) >= 11 is 0. The van der Waals surface area contributed by atoms with Crippen molar-refractivity contribution in [3.8, 4) is 11.5 Å². The molecule has 0 atom stereocenters. The molecule has 1 fully saturated rings. The third-order valence-electron chi connectivity index (χ3n) is 5.15. The third-order valence-corrected chi connectivity index (χ3v) is 5.15. The minimum atomic E-state index is -0.372. The number of rotatable bonds is 8. The van der Waals surface area contributed by atoms with Crippen molar-refractivity contribution in [1.29, 1.82) is 0 Å². The quantitative estimate of drug-likeness (QED) is 0.372. The predicted octanol–water partition coefficient (Wildman–Crippen LogP) is 3.74. The lowest BCUT2D eigenvalue weighted by Crippen LogP contribution is -2.49. The van der Waals surface area contributed by atoms with E-state index in [-0.39, 0.29) is 16.5 Å². The van der Waals surface area contributed by atoms with E-state index in [1.807, 2.05) is 4.90 Å². The highest BCUT2D eigenvalue weighted by Gasteiger charge is 2.26. The van der Waals surface area contributed by atoms with Crippen LogP contribution >= 0.6 is 0 Å². The fraction of sp³-hybridized carbons (Fsp3) is 0.409. The van der Waals surface area contributed by atoms with E-state index in [9.17, 15) is 14.9 Å². The van der Waals surface area contributed by atoms with Gasteiger partial charge in [0.15, 0.2) is 11.5 Å². The van der Waals surface area contributed by atoms with Gasteiger partial charge in [-0.2, -0.15) is 0 Å². The summed E-state index contributed by atoms with van der Waals surface area (Å²) < 4.78 is 11.1. The number of nitro benzene ring substituents is 1. The Morgan fingerprint density at radius 2 is 1.83 bits per heavy atom. The smallest absolute Gasteiger partial charge is 0.292 e. The Balaban J connectivity index is 1.66. The van der Waals surface area contributed by atoms with E-state index < -0.39 is 0 Å². The first-order valence-electron chi connectivity index (χ1n) is 10.1. The fourth-order valence-electron chi connectivity index (χ4n) is 3.47. The van der Waals surface area contributed by atoms with E-state index in [0.717, 1.165) is 12.8 Å². The predicted molar refractivity (Wildman–Crippen MR) is 115 cm³/mol. The van der Waals surface area contributed by atoms with Crippen molar-refractivity contribution in [3.05, 3.63) is 58.1 Å². The van der Waals surface area contributed by atoms with Crippen LogP contribution in [-0.2, 0) is 0 Å². The van der Waals surface area contributed by atoms with Crippen LogP contribution in [-0.4, -0.2) is 55.6 Å². The monoisotopic (exact) mass is 413 g/mol. The molecular formula is C22H27N3O5. The van der Waals surface area contributed by atoms with E-state index in [4.69, 9.17) is 9.47 Å². The molecular weight excluding hydrogens is 386 g/mol. The number of carbonyl (C=O) groups excluding carboxylic acids is 1. The SMILES string of the molecule is CCCCOc1ccc(C(=O)N2CCN(c3ccccc3[N+](=O)[O-])CC2)cc1OC. The van der Waals surface area contributed by atoms with E-state index in [1.165, 1.54) is 6.07 Å². The van der Waals surface area contributed by atoms with Crippen LogP contribution in [0.5, 0.6) is 11.5 Å². The van der Waals surface area contributed by atoms with Gasteiger partial charge < -0.3 is 19.3 Å². The summed E-state index contributed by atoms with van der Waals surface area (Å²) in [5.41, 5.74) is 1.21. The number of carbonyl (C=O) groups is 1. The van der Waals surface area contributed by atoms with Gasteiger partial charge in [-0.15, -0.1) is 0 Å². The van der Waals surface area contributed by atoms with Crippen molar-refractivity contribution < 1.29 is 19.2 Å². The molecule has 1 heterocycles. The van der Waals surface area contributed by atoms with Crippen molar-refractivity contribution in [1.82, 2.24) is 4.90 Å². The van der Waals surface area contributed by atoms with E-state index in [2.05, 4.69) is 6.92 Å². The van der Waals surface area contributed by atoms with Crippen molar-refractivity contribution in [2.45, 2.75) is 19.8 Å². The molecule has 1 saturated heterocycles. The van der Waals surface area contributed by atoms with Gasteiger partial charge in [-0.1, -0.05) is 25.5 Å². The summed E-state index contributed by atoms with van der Waals surface area (Å²) in [5.74, 6) is 1.08. The van der Waals surface area contributed by atoms with Gasteiger partial charge in [0.05, 0.1) is 18.6 Å². The molecule has 8 heteroatoms. The Hall–Kier alpha value is -3.29. The molecule has 0 radical (unpaired) electrons. The Bertz CT molecular complexity index is 894. The van der Waals surface area contributed by atoms with Gasteiger partial charge >= 0.3 is 0 Å². The summed E-state index contributed by atoms with van der Waals surface area (Å²) in [6, 6.07) is 11.9. The van der Waals surface area contributed by atoms with Crippen LogP contribution in [0.2, 0.25) is 0 Å². The van der Waals surface area contributed by atoms with Gasteiger partial charge in [0.2, 0.25) is 0 Å². The topological polar surface area (TPSA) is 85.2 Å². The van der Waals surface area contributed by atoms with Gasteiger partial charge in [0.25, 0.3) is 11.6 Å². The molecule has 1 aliphatic heterocycles. The average Bonchev–Trinajstić information content (AvgIpc) is 2.79. The zero-order valence-electron chi connectivity index (χ0n) is 17.4. The summed E-state index contributed by atoms with van der Waals surface area (Å²) in [4.78, 5) is 27.6. The number of methoxy groups -OCH3 is 1. The largest absolute Gasteiger partial charge is 0.493 e.